The van der Waals surface area contributed by atoms with Gasteiger partial charge >= 0.3 is 5.97 Å². The van der Waals surface area contributed by atoms with Crippen molar-refractivity contribution in [1.29, 1.82) is 0 Å². The highest BCUT2D eigenvalue weighted by molar-refractivity contribution is 9.10. The zero-order chi connectivity index (χ0) is 18.4. The van der Waals surface area contributed by atoms with Crippen LogP contribution in [0.1, 0.15) is 16.8 Å². The summed E-state index contributed by atoms with van der Waals surface area (Å²) < 4.78 is 25.2. The minimum Gasteiger partial charge on any atom is -0.480 e. The number of carboxylic acid groups (broad SMARTS) is 1. The summed E-state index contributed by atoms with van der Waals surface area (Å²) in [5.41, 5.74) is 0.284. The van der Waals surface area contributed by atoms with Gasteiger partial charge in [0.1, 0.15) is 6.04 Å². The second kappa shape index (κ2) is 8.26. The first-order valence-electron chi connectivity index (χ1n) is 7.36. The average Bonchev–Trinajstić information content (AvgIpc) is 2.59. The van der Waals surface area contributed by atoms with Gasteiger partial charge in [0.2, 0.25) is 0 Å². The molecule has 25 heavy (non-hydrogen) atoms. The number of benzene rings is 2. The molecule has 1 atom stereocenters. The molecule has 0 unspecified atom stereocenters. The summed E-state index contributed by atoms with van der Waals surface area (Å²) in [4.78, 5) is 23.7. The Balaban J connectivity index is 2.06. The Morgan fingerprint density at radius 2 is 1.76 bits per heavy atom. The van der Waals surface area contributed by atoms with Crippen molar-refractivity contribution in [1.82, 2.24) is 5.32 Å². The van der Waals surface area contributed by atoms with Gasteiger partial charge in [-0.15, -0.1) is 0 Å². The highest BCUT2D eigenvalue weighted by atomic mass is 79.9. The number of hydrogen-bond donors (Lipinski definition) is 2. The minimum atomic E-state index is -3.62. The summed E-state index contributed by atoms with van der Waals surface area (Å²) in [5, 5.41) is 11.6. The van der Waals surface area contributed by atoms with Crippen LogP contribution in [0.3, 0.4) is 0 Å². The normalized spacial score (nSPS) is 12.4. The molecule has 0 aliphatic heterocycles. The predicted molar refractivity (Wildman–Crippen MR) is 96.1 cm³/mol. The fourth-order valence-corrected chi connectivity index (χ4v) is 3.90. The number of nitrogens with one attached hydrogen (secondary N) is 1. The van der Waals surface area contributed by atoms with Crippen molar-refractivity contribution in [2.24, 2.45) is 0 Å². The Hall–Kier alpha value is -2.19. The van der Waals surface area contributed by atoms with Crippen LogP contribution in [0.15, 0.2) is 64.0 Å². The molecular formula is C17H16BrNO5S. The van der Waals surface area contributed by atoms with Gasteiger partial charge < -0.3 is 10.4 Å². The number of carbonyl (C=O) groups excluding carboxylic acids is 1. The lowest BCUT2D eigenvalue weighted by Crippen LogP contribution is -2.41. The number of rotatable bonds is 7. The van der Waals surface area contributed by atoms with Crippen LogP contribution < -0.4 is 5.32 Å². The first kappa shape index (κ1) is 19.1. The molecule has 2 N–H and O–H groups in total. The molecule has 6 nitrogen and oxygen atoms in total. The maximum Gasteiger partial charge on any atom is 0.326 e. The van der Waals surface area contributed by atoms with E-state index in [0.717, 1.165) is 0 Å². The molecule has 0 saturated heterocycles. The Morgan fingerprint density at radius 3 is 2.36 bits per heavy atom. The third-order valence-electron chi connectivity index (χ3n) is 3.47. The molecule has 0 radical (unpaired) electrons. The molecule has 1 amide bonds. The quantitative estimate of drug-likeness (QED) is 0.709. The molecule has 2 rings (SSSR count). The maximum atomic E-state index is 12.2. The van der Waals surface area contributed by atoms with Gasteiger partial charge in [0.25, 0.3) is 5.91 Å². The van der Waals surface area contributed by atoms with E-state index < -0.39 is 27.8 Å². The Labute approximate surface area is 153 Å². The molecular weight excluding hydrogens is 410 g/mol. The number of halogens is 1. The second-order valence-electron chi connectivity index (χ2n) is 5.30. The van der Waals surface area contributed by atoms with Gasteiger partial charge in [-0.3, -0.25) is 4.79 Å². The van der Waals surface area contributed by atoms with E-state index in [2.05, 4.69) is 21.2 Å². The Kier molecular flexibility index (Phi) is 6.33. The SMILES string of the molecule is O=C(N[C@@H](CCS(=O)(=O)c1ccccc1)C(=O)O)c1cccc(Br)c1. The molecule has 0 spiro atoms. The number of hydrogen-bond acceptors (Lipinski definition) is 4. The summed E-state index contributed by atoms with van der Waals surface area (Å²) in [6.07, 6.45) is -0.230. The van der Waals surface area contributed by atoms with Crippen LogP contribution in [0.5, 0.6) is 0 Å². The van der Waals surface area contributed by atoms with Crippen LogP contribution in [0.4, 0.5) is 0 Å². The molecule has 0 bridgehead atoms. The maximum absolute atomic E-state index is 12.2. The number of sulfone groups is 1. The topological polar surface area (TPSA) is 101 Å². The molecule has 0 fully saturated rings. The van der Waals surface area contributed by atoms with E-state index in [1.165, 1.54) is 12.1 Å². The summed E-state index contributed by atoms with van der Waals surface area (Å²) in [5.74, 6) is -2.25. The molecule has 0 aromatic heterocycles. The summed E-state index contributed by atoms with van der Waals surface area (Å²) in [6.45, 7) is 0. The highest BCUT2D eigenvalue weighted by Crippen LogP contribution is 2.14. The van der Waals surface area contributed by atoms with Gasteiger partial charge in [-0.25, -0.2) is 13.2 Å². The zero-order valence-corrected chi connectivity index (χ0v) is 15.5. The lowest BCUT2D eigenvalue weighted by molar-refractivity contribution is -0.139. The van der Waals surface area contributed by atoms with Crippen LogP contribution in [0.2, 0.25) is 0 Å². The molecule has 0 heterocycles. The van der Waals surface area contributed by atoms with Gasteiger partial charge in [0, 0.05) is 10.0 Å². The van der Waals surface area contributed by atoms with Crippen molar-refractivity contribution in [3.63, 3.8) is 0 Å². The largest absolute Gasteiger partial charge is 0.480 e. The van der Waals surface area contributed by atoms with Crippen LogP contribution in [0.25, 0.3) is 0 Å². The van der Waals surface area contributed by atoms with E-state index in [-0.39, 0.29) is 22.6 Å². The third kappa shape index (κ3) is 5.40. The minimum absolute atomic E-state index is 0.123. The molecule has 0 aliphatic rings. The first-order valence-corrected chi connectivity index (χ1v) is 9.81. The average molecular weight is 426 g/mol. The standard InChI is InChI=1S/C17H16BrNO5S/c18-13-6-4-5-12(11-13)16(20)19-15(17(21)22)9-10-25(23,24)14-7-2-1-3-8-14/h1-8,11,15H,9-10H2,(H,19,20)(H,21,22)/t15-/m0/s1. The summed E-state index contributed by atoms with van der Waals surface area (Å²) in [6, 6.07) is 13.0. The lowest BCUT2D eigenvalue weighted by atomic mass is 10.1. The third-order valence-corrected chi connectivity index (χ3v) is 5.72. The van der Waals surface area contributed by atoms with Crippen LogP contribution in [-0.4, -0.2) is 37.2 Å². The molecule has 0 aliphatic carbocycles. The molecule has 0 saturated carbocycles. The first-order chi connectivity index (χ1) is 11.8. The second-order valence-corrected chi connectivity index (χ2v) is 8.32. The van der Waals surface area contributed by atoms with Crippen molar-refractivity contribution in [2.45, 2.75) is 17.4 Å². The van der Waals surface area contributed by atoms with Crippen molar-refractivity contribution in [3.8, 4) is 0 Å². The van der Waals surface area contributed by atoms with E-state index in [1.807, 2.05) is 0 Å². The van der Waals surface area contributed by atoms with E-state index in [1.54, 1.807) is 42.5 Å². The van der Waals surface area contributed by atoms with E-state index in [4.69, 9.17) is 0 Å². The fourth-order valence-electron chi connectivity index (χ4n) is 2.15. The van der Waals surface area contributed by atoms with Gasteiger partial charge in [0.15, 0.2) is 9.84 Å². The fraction of sp³-hybridized carbons (Fsp3) is 0.176. The van der Waals surface area contributed by atoms with Crippen molar-refractivity contribution in [2.75, 3.05) is 5.75 Å². The van der Waals surface area contributed by atoms with Crippen LogP contribution in [0, 0.1) is 0 Å². The van der Waals surface area contributed by atoms with Gasteiger partial charge in [-0.2, -0.15) is 0 Å². The highest BCUT2D eigenvalue weighted by Gasteiger charge is 2.24. The lowest BCUT2D eigenvalue weighted by Gasteiger charge is -2.15. The number of carbonyl (C=O) groups is 2. The summed E-state index contributed by atoms with van der Waals surface area (Å²) in [7, 11) is -3.62. The monoisotopic (exact) mass is 425 g/mol. The number of aliphatic carboxylic acids is 1. The predicted octanol–water partition coefficient (Wildman–Crippen LogP) is 2.50. The van der Waals surface area contributed by atoms with Crippen LogP contribution in [-0.2, 0) is 14.6 Å². The molecule has 8 heteroatoms. The summed E-state index contributed by atoms with van der Waals surface area (Å²) >= 11 is 3.23. The van der Waals surface area contributed by atoms with E-state index in [0.29, 0.717) is 4.47 Å². The van der Waals surface area contributed by atoms with E-state index >= 15 is 0 Å². The molecule has 132 valence electrons. The Morgan fingerprint density at radius 1 is 1.08 bits per heavy atom. The van der Waals surface area contributed by atoms with Crippen molar-refractivity contribution >= 4 is 37.6 Å². The Bertz CT molecular complexity index is 868. The molecule has 2 aromatic carbocycles. The zero-order valence-electron chi connectivity index (χ0n) is 13.1. The number of amides is 1. The number of carboxylic acids is 1. The van der Waals surface area contributed by atoms with Gasteiger partial charge in [0.05, 0.1) is 10.6 Å². The van der Waals surface area contributed by atoms with Crippen molar-refractivity contribution < 1.29 is 23.1 Å². The van der Waals surface area contributed by atoms with Crippen molar-refractivity contribution in [3.05, 3.63) is 64.6 Å². The van der Waals surface area contributed by atoms with Gasteiger partial charge in [-0.1, -0.05) is 40.2 Å². The van der Waals surface area contributed by atoms with Crippen LogP contribution >= 0.6 is 15.9 Å². The van der Waals surface area contributed by atoms with Gasteiger partial charge in [-0.05, 0) is 36.8 Å². The molecule has 2 aromatic rings. The van der Waals surface area contributed by atoms with E-state index in [9.17, 15) is 23.1 Å². The smallest absolute Gasteiger partial charge is 0.326 e.